The van der Waals surface area contributed by atoms with Gasteiger partial charge in [-0.1, -0.05) is 48.5 Å². The molecule has 35 heavy (non-hydrogen) atoms. The number of nitrogens with two attached hydrogens (primary N) is 1. The van der Waals surface area contributed by atoms with Crippen molar-refractivity contribution < 1.29 is 19.1 Å². The van der Waals surface area contributed by atoms with E-state index < -0.39 is 24.4 Å². The predicted molar refractivity (Wildman–Crippen MR) is 136 cm³/mol. The molecule has 2 heterocycles. The van der Waals surface area contributed by atoms with Crippen LogP contribution in [-0.4, -0.2) is 29.4 Å². The number of anilines is 1. The van der Waals surface area contributed by atoms with Gasteiger partial charge in [0, 0.05) is 5.39 Å². The Labute approximate surface area is 205 Å². The molecule has 2 amide bonds. The van der Waals surface area contributed by atoms with E-state index in [0.717, 1.165) is 28.8 Å². The maximum Gasteiger partial charge on any atom is 0.339 e. The van der Waals surface area contributed by atoms with Crippen LogP contribution < -0.4 is 11.1 Å². The first-order valence-electron chi connectivity index (χ1n) is 11.0. The van der Waals surface area contributed by atoms with Gasteiger partial charge in [0.1, 0.15) is 5.00 Å². The highest BCUT2D eigenvalue weighted by Crippen LogP contribution is 2.37. The third-order valence-corrected chi connectivity index (χ3v) is 6.63. The van der Waals surface area contributed by atoms with Gasteiger partial charge in [0.25, 0.3) is 11.8 Å². The lowest BCUT2D eigenvalue weighted by Gasteiger charge is -2.12. The summed E-state index contributed by atoms with van der Waals surface area (Å²) in [4.78, 5) is 42.0. The Bertz CT molecular complexity index is 1490. The molecular weight excluding hydrogens is 462 g/mol. The van der Waals surface area contributed by atoms with Gasteiger partial charge in [0.2, 0.25) is 0 Å². The Morgan fingerprint density at radius 1 is 1.03 bits per heavy atom. The van der Waals surface area contributed by atoms with Gasteiger partial charge in [-0.3, -0.25) is 9.59 Å². The first-order valence-corrected chi connectivity index (χ1v) is 11.9. The Morgan fingerprint density at radius 3 is 2.60 bits per heavy atom. The summed E-state index contributed by atoms with van der Waals surface area (Å²) in [5, 5.41) is 5.24. The zero-order valence-electron chi connectivity index (χ0n) is 18.6. The number of thiophene rings is 1. The van der Waals surface area contributed by atoms with E-state index in [9.17, 15) is 14.4 Å². The van der Waals surface area contributed by atoms with Crippen LogP contribution in [0.5, 0.6) is 0 Å². The summed E-state index contributed by atoms with van der Waals surface area (Å²) >= 11 is 1.17. The van der Waals surface area contributed by atoms with Gasteiger partial charge >= 0.3 is 5.97 Å². The molecular formula is C27H21N3O4S. The van der Waals surface area contributed by atoms with Crippen LogP contribution in [0.3, 0.4) is 0 Å². The molecule has 2 aromatic heterocycles. The highest BCUT2D eigenvalue weighted by Gasteiger charge is 2.28. The number of carbonyl (C=O) groups excluding carboxylic acids is 3. The summed E-state index contributed by atoms with van der Waals surface area (Å²) in [5.74, 6) is -1.78. The van der Waals surface area contributed by atoms with E-state index in [-0.39, 0.29) is 5.56 Å². The largest absolute Gasteiger partial charge is 0.452 e. The van der Waals surface area contributed by atoms with Crippen molar-refractivity contribution >= 4 is 56.7 Å². The highest BCUT2D eigenvalue weighted by atomic mass is 32.1. The van der Waals surface area contributed by atoms with E-state index in [1.807, 2.05) is 54.6 Å². The fraction of sp³-hybridized carbons (Fsp3) is 0.111. The Morgan fingerprint density at radius 2 is 1.80 bits per heavy atom. The van der Waals surface area contributed by atoms with Crippen molar-refractivity contribution in [1.29, 1.82) is 0 Å². The quantitative estimate of drug-likeness (QED) is 0.387. The van der Waals surface area contributed by atoms with Crippen LogP contribution in [0.15, 0.2) is 66.0 Å². The zero-order chi connectivity index (χ0) is 24.4. The maximum atomic E-state index is 13.2. The lowest BCUT2D eigenvalue weighted by atomic mass is 10.0. The first kappa shape index (κ1) is 22.5. The van der Waals surface area contributed by atoms with Crippen LogP contribution in [0.2, 0.25) is 0 Å². The number of amides is 2. The van der Waals surface area contributed by atoms with Gasteiger partial charge in [-0.15, -0.1) is 11.3 Å². The molecule has 7 nitrogen and oxygen atoms in total. The molecule has 0 spiro atoms. The molecule has 1 aliphatic rings. The van der Waals surface area contributed by atoms with Crippen LogP contribution in [0.4, 0.5) is 5.00 Å². The number of allylic oxidation sites excluding steroid dienone is 1. The fourth-order valence-corrected chi connectivity index (χ4v) is 5.04. The van der Waals surface area contributed by atoms with Crippen LogP contribution in [0, 0.1) is 0 Å². The van der Waals surface area contributed by atoms with Crippen molar-refractivity contribution in [3.05, 3.63) is 94.0 Å². The van der Waals surface area contributed by atoms with E-state index in [0.29, 0.717) is 27.9 Å². The second-order valence-electron chi connectivity index (χ2n) is 8.06. The van der Waals surface area contributed by atoms with Crippen LogP contribution in [0.25, 0.3) is 22.6 Å². The van der Waals surface area contributed by atoms with Crippen LogP contribution in [0.1, 0.15) is 44.0 Å². The number of pyridine rings is 1. The molecule has 0 aliphatic heterocycles. The minimum atomic E-state index is -0.642. The Kier molecular flexibility index (Phi) is 6.12. The van der Waals surface area contributed by atoms with Gasteiger partial charge < -0.3 is 15.8 Å². The predicted octanol–water partition coefficient (Wildman–Crippen LogP) is 4.68. The zero-order valence-corrected chi connectivity index (χ0v) is 19.4. The van der Waals surface area contributed by atoms with Crippen molar-refractivity contribution in [2.75, 3.05) is 11.9 Å². The number of rotatable bonds is 6. The molecule has 0 atom stereocenters. The number of benzene rings is 2. The monoisotopic (exact) mass is 483 g/mol. The SMILES string of the molecule is NC(=O)c1ccsc1NC(=O)COC(=O)c1c2c(nc3ccccc13)/C(=C\c1ccccc1)CC2. The van der Waals surface area contributed by atoms with E-state index in [2.05, 4.69) is 11.4 Å². The number of hydrogen-bond donors (Lipinski definition) is 2. The third kappa shape index (κ3) is 4.56. The number of aromatic nitrogens is 1. The lowest BCUT2D eigenvalue weighted by molar-refractivity contribution is -0.119. The van der Waals surface area contributed by atoms with Gasteiger partial charge in [-0.2, -0.15) is 0 Å². The van der Waals surface area contributed by atoms with Crippen molar-refractivity contribution in [1.82, 2.24) is 4.98 Å². The van der Waals surface area contributed by atoms with Crippen molar-refractivity contribution in [3.8, 4) is 0 Å². The van der Waals surface area contributed by atoms with Crippen molar-refractivity contribution in [2.24, 2.45) is 5.73 Å². The lowest BCUT2D eigenvalue weighted by Crippen LogP contribution is -2.23. The molecule has 0 saturated carbocycles. The van der Waals surface area contributed by atoms with Gasteiger partial charge in [-0.05, 0) is 53.1 Å². The highest BCUT2D eigenvalue weighted by molar-refractivity contribution is 7.14. The molecule has 8 heteroatoms. The molecule has 0 bridgehead atoms. The molecule has 0 unspecified atom stereocenters. The number of nitrogens with one attached hydrogen (secondary N) is 1. The average Bonchev–Trinajstić information content (AvgIpc) is 3.49. The van der Waals surface area contributed by atoms with Crippen LogP contribution >= 0.6 is 11.3 Å². The summed E-state index contributed by atoms with van der Waals surface area (Å²) in [5.41, 5.74) is 10.4. The topological polar surface area (TPSA) is 111 Å². The standard InChI is InChI=1S/C27H21N3O4S/c28-25(32)20-12-13-35-26(20)30-22(31)15-34-27(33)23-18-8-4-5-9-21(18)29-24-17(10-11-19(23)24)14-16-6-2-1-3-7-16/h1-9,12-14H,10-11,15H2,(H2,28,32)(H,30,31)/b17-14-. The molecule has 0 radical (unpaired) electrons. The van der Waals surface area contributed by atoms with Gasteiger partial charge in [0.15, 0.2) is 6.61 Å². The average molecular weight is 484 g/mol. The van der Waals surface area contributed by atoms with E-state index in [1.165, 1.54) is 17.4 Å². The van der Waals surface area contributed by atoms with Crippen molar-refractivity contribution in [2.45, 2.75) is 12.8 Å². The summed E-state index contributed by atoms with van der Waals surface area (Å²) in [7, 11) is 0. The van der Waals surface area contributed by atoms with E-state index in [1.54, 1.807) is 5.38 Å². The number of carbonyl (C=O) groups is 3. The fourth-order valence-electron chi connectivity index (χ4n) is 4.23. The minimum Gasteiger partial charge on any atom is -0.452 e. The molecule has 0 fully saturated rings. The summed E-state index contributed by atoms with van der Waals surface area (Å²) in [6.07, 6.45) is 3.50. The molecule has 1 aliphatic carbocycles. The summed E-state index contributed by atoms with van der Waals surface area (Å²) in [6, 6.07) is 18.9. The Balaban J connectivity index is 1.42. The summed E-state index contributed by atoms with van der Waals surface area (Å²) < 4.78 is 5.42. The molecule has 3 N–H and O–H groups in total. The van der Waals surface area contributed by atoms with E-state index >= 15 is 0 Å². The number of hydrogen-bond acceptors (Lipinski definition) is 6. The molecule has 174 valence electrons. The number of esters is 1. The van der Waals surface area contributed by atoms with Gasteiger partial charge in [-0.25, -0.2) is 9.78 Å². The second-order valence-corrected chi connectivity index (χ2v) is 8.98. The van der Waals surface area contributed by atoms with E-state index in [4.69, 9.17) is 15.5 Å². The summed E-state index contributed by atoms with van der Waals surface area (Å²) in [6.45, 7) is -0.493. The first-order chi connectivity index (χ1) is 17.0. The number of para-hydroxylation sites is 1. The number of fused-ring (bicyclic) bond motifs is 2. The molecule has 0 saturated heterocycles. The number of nitrogens with zero attached hydrogens (tertiary/aromatic N) is 1. The van der Waals surface area contributed by atoms with Gasteiger partial charge in [0.05, 0.1) is 22.3 Å². The second kappa shape index (κ2) is 9.52. The maximum absolute atomic E-state index is 13.2. The molecule has 4 aromatic rings. The smallest absolute Gasteiger partial charge is 0.339 e. The molecule has 5 rings (SSSR count). The number of ether oxygens (including phenoxy) is 1. The van der Waals surface area contributed by atoms with Crippen LogP contribution in [-0.2, 0) is 16.0 Å². The third-order valence-electron chi connectivity index (χ3n) is 5.80. The number of primary amides is 1. The normalized spacial score (nSPS) is 13.5. The molecule has 2 aromatic carbocycles. The minimum absolute atomic E-state index is 0.213. The Hall–Kier alpha value is -4.30. The van der Waals surface area contributed by atoms with Crippen molar-refractivity contribution in [3.63, 3.8) is 0 Å².